The van der Waals surface area contributed by atoms with Crippen molar-refractivity contribution < 1.29 is 9.53 Å². The molecule has 0 saturated carbocycles. The minimum Gasteiger partial charge on any atom is -0.465 e. The summed E-state index contributed by atoms with van der Waals surface area (Å²) in [4.78, 5) is 23.9. The van der Waals surface area contributed by atoms with Gasteiger partial charge in [0, 0.05) is 16.2 Å². The number of carbonyl (C=O) groups is 1. The summed E-state index contributed by atoms with van der Waals surface area (Å²) in [6, 6.07) is 0. The Morgan fingerprint density at radius 2 is 2.21 bits per heavy atom. The number of aryl methyl sites for hydroxylation is 1. The quantitative estimate of drug-likeness (QED) is 0.441. The van der Waals surface area contributed by atoms with Gasteiger partial charge in [-0.05, 0) is 37.7 Å². The fraction of sp³-hybridized carbons (Fsp3) is 0.611. The molecule has 2 aromatic heterocycles. The minimum absolute atomic E-state index is 0.182. The smallest absolute Gasteiger partial charge is 0.316 e. The predicted molar refractivity (Wildman–Crippen MR) is 100 cm³/mol. The van der Waals surface area contributed by atoms with E-state index >= 15 is 0 Å². The van der Waals surface area contributed by atoms with E-state index in [-0.39, 0.29) is 11.9 Å². The molecule has 0 amide bonds. The molecule has 1 atom stereocenters. The molecule has 1 aliphatic carbocycles. The summed E-state index contributed by atoms with van der Waals surface area (Å²) >= 11 is 3.30. The van der Waals surface area contributed by atoms with Crippen LogP contribution in [0.3, 0.4) is 0 Å². The highest BCUT2D eigenvalue weighted by atomic mass is 32.2. The van der Waals surface area contributed by atoms with E-state index < -0.39 is 0 Å². The summed E-state index contributed by atoms with van der Waals surface area (Å²) in [5.41, 5.74) is 1.41. The lowest BCUT2D eigenvalue weighted by atomic mass is 9.89. The maximum absolute atomic E-state index is 11.8. The number of rotatable bonds is 5. The topological polar surface area (TPSA) is 52.1 Å². The van der Waals surface area contributed by atoms with Crippen molar-refractivity contribution in [1.82, 2.24) is 9.97 Å². The van der Waals surface area contributed by atoms with Crippen LogP contribution in [0.5, 0.6) is 0 Å². The van der Waals surface area contributed by atoms with Crippen LogP contribution in [0.1, 0.15) is 56.3 Å². The van der Waals surface area contributed by atoms with Crippen molar-refractivity contribution in [3.63, 3.8) is 0 Å². The van der Waals surface area contributed by atoms with E-state index in [1.165, 1.54) is 34.0 Å². The summed E-state index contributed by atoms with van der Waals surface area (Å²) < 4.78 is 5.06. The van der Waals surface area contributed by atoms with Crippen molar-refractivity contribution in [1.29, 1.82) is 0 Å². The number of aromatic nitrogens is 2. The average molecular weight is 365 g/mol. The normalized spacial score (nSPS) is 17.3. The van der Waals surface area contributed by atoms with Crippen LogP contribution in [0.4, 0.5) is 0 Å². The van der Waals surface area contributed by atoms with Crippen molar-refractivity contribution in [2.45, 2.75) is 57.9 Å². The molecule has 6 heteroatoms. The number of thioether (sulfide) groups is 1. The van der Waals surface area contributed by atoms with Crippen molar-refractivity contribution >= 4 is 39.3 Å². The number of ether oxygens (including phenoxy) is 1. The average Bonchev–Trinajstić information content (AvgIpc) is 2.89. The Kier molecular flexibility index (Phi) is 5.45. The monoisotopic (exact) mass is 364 g/mol. The molecular weight excluding hydrogens is 340 g/mol. The van der Waals surface area contributed by atoms with E-state index in [1.54, 1.807) is 0 Å². The molecule has 0 aromatic carbocycles. The molecule has 0 unspecified atom stereocenters. The Labute approximate surface area is 151 Å². The SMILES string of the molecule is CCOC(=O)CSc1nc(C(C)C)nc2sc3c(c12)CC[C@@H](C)C3. The summed E-state index contributed by atoms with van der Waals surface area (Å²) in [6.45, 7) is 8.78. The molecule has 2 aromatic rings. The fourth-order valence-corrected chi connectivity index (χ4v) is 5.33. The molecule has 0 aliphatic heterocycles. The number of esters is 1. The van der Waals surface area contributed by atoms with Gasteiger partial charge in [-0.1, -0.05) is 32.5 Å². The van der Waals surface area contributed by atoms with E-state index in [2.05, 4.69) is 20.8 Å². The highest BCUT2D eigenvalue weighted by molar-refractivity contribution is 8.00. The first kappa shape index (κ1) is 17.7. The second-order valence-corrected chi connectivity index (χ2v) is 8.71. The van der Waals surface area contributed by atoms with Gasteiger partial charge in [-0.3, -0.25) is 4.79 Å². The van der Waals surface area contributed by atoms with Gasteiger partial charge < -0.3 is 4.74 Å². The predicted octanol–water partition coefficient (Wildman–Crippen LogP) is 4.59. The molecule has 0 spiro atoms. The molecule has 3 rings (SSSR count). The third-order valence-electron chi connectivity index (χ3n) is 4.29. The van der Waals surface area contributed by atoms with E-state index in [0.717, 1.165) is 34.4 Å². The van der Waals surface area contributed by atoms with Gasteiger partial charge in [0.2, 0.25) is 0 Å². The third kappa shape index (κ3) is 3.59. The number of nitrogens with zero attached hydrogens (tertiary/aromatic N) is 2. The molecule has 0 N–H and O–H groups in total. The molecule has 0 fully saturated rings. The lowest BCUT2D eigenvalue weighted by molar-refractivity contribution is -0.139. The number of hydrogen-bond acceptors (Lipinski definition) is 6. The summed E-state index contributed by atoms with van der Waals surface area (Å²) in [5, 5.41) is 2.13. The maximum atomic E-state index is 11.8. The van der Waals surface area contributed by atoms with Gasteiger partial charge in [0.15, 0.2) is 0 Å². The Morgan fingerprint density at radius 3 is 2.92 bits per heavy atom. The van der Waals surface area contributed by atoms with Crippen LogP contribution in [0, 0.1) is 5.92 Å². The van der Waals surface area contributed by atoms with Crippen LogP contribution >= 0.6 is 23.1 Å². The molecule has 0 saturated heterocycles. The van der Waals surface area contributed by atoms with Gasteiger partial charge >= 0.3 is 5.97 Å². The first-order valence-corrected chi connectivity index (χ1v) is 10.4. The molecule has 24 heavy (non-hydrogen) atoms. The number of carbonyl (C=O) groups excluding carboxylic acids is 1. The van der Waals surface area contributed by atoms with Crippen LogP contribution in [-0.4, -0.2) is 28.3 Å². The Balaban J connectivity index is 2.02. The summed E-state index contributed by atoms with van der Waals surface area (Å²) in [7, 11) is 0. The largest absolute Gasteiger partial charge is 0.465 e. The standard InChI is InChI=1S/C18H24N2O2S2/c1-5-22-14(21)9-23-17-15-12-7-6-11(4)8-13(12)24-18(15)20-16(19-17)10(2)3/h10-11H,5-9H2,1-4H3/t11-/m1/s1. The maximum Gasteiger partial charge on any atom is 0.316 e. The van der Waals surface area contributed by atoms with Crippen molar-refractivity contribution in [2.24, 2.45) is 5.92 Å². The van der Waals surface area contributed by atoms with Crippen LogP contribution in [0.15, 0.2) is 5.03 Å². The lowest BCUT2D eigenvalue weighted by Gasteiger charge is -2.18. The van der Waals surface area contributed by atoms with Crippen LogP contribution in [-0.2, 0) is 22.4 Å². The molecule has 130 valence electrons. The zero-order chi connectivity index (χ0) is 17.3. The first-order chi connectivity index (χ1) is 11.5. The molecule has 0 radical (unpaired) electrons. The second kappa shape index (κ2) is 7.40. The van der Waals surface area contributed by atoms with Gasteiger partial charge in [0.25, 0.3) is 0 Å². The highest BCUT2D eigenvalue weighted by Crippen LogP contribution is 2.41. The molecule has 4 nitrogen and oxygen atoms in total. The van der Waals surface area contributed by atoms with Gasteiger partial charge in [0.1, 0.15) is 15.7 Å². The summed E-state index contributed by atoms with van der Waals surface area (Å²) in [5.74, 6) is 1.99. The number of fused-ring (bicyclic) bond motifs is 3. The second-order valence-electron chi connectivity index (χ2n) is 6.67. The molecule has 1 aliphatic rings. The first-order valence-electron chi connectivity index (χ1n) is 8.60. The van der Waals surface area contributed by atoms with E-state index in [9.17, 15) is 4.79 Å². The molecule has 0 bridgehead atoms. The van der Waals surface area contributed by atoms with Gasteiger partial charge in [-0.25, -0.2) is 9.97 Å². The lowest BCUT2D eigenvalue weighted by Crippen LogP contribution is -2.10. The zero-order valence-corrected chi connectivity index (χ0v) is 16.4. The van der Waals surface area contributed by atoms with Crippen LogP contribution in [0.25, 0.3) is 10.2 Å². The number of hydrogen-bond donors (Lipinski definition) is 0. The molecular formula is C18H24N2O2S2. The van der Waals surface area contributed by atoms with Gasteiger partial charge in [-0.15, -0.1) is 11.3 Å². The fourth-order valence-electron chi connectivity index (χ4n) is 3.02. The summed E-state index contributed by atoms with van der Waals surface area (Å²) in [6.07, 6.45) is 3.44. The zero-order valence-electron chi connectivity index (χ0n) is 14.7. The Bertz CT molecular complexity index is 755. The van der Waals surface area contributed by atoms with Crippen LogP contribution < -0.4 is 0 Å². The third-order valence-corrected chi connectivity index (χ3v) is 6.38. The van der Waals surface area contributed by atoms with E-state index in [0.29, 0.717) is 12.4 Å². The van der Waals surface area contributed by atoms with E-state index in [4.69, 9.17) is 14.7 Å². The number of thiophene rings is 1. The molecule has 2 heterocycles. The van der Waals surface area contributed by atoms with Crippen LogP contribution in [0.2, 0.25) is 0 Å². The minimum atomic E-state index is -0.182. The van der Waals surface area contributed by atoms with Crippen molar-refractivity contribution in [2.75, 3.05) is 12.4 Å². The Morgan fingerprint density at radius 1 is 1.42 bits per heavy atom. The van der Waals surface area contributed by atoms with Gasteiger partial charge in [-0.2, -0.15) is 0 Å². The highest BCUT2D eigenvalue weighted by Gasteiger charge is 2.24. The Hall–Kier alpha value is -1.14. The van der Waals surface area contributed by atoms with Gasteiger partial charge in [0.05, 0.1) is 12.4 Å². The van der Waals surface area contributed by atoms with Crippen molar-refractivity contribution in [3.05, 3.63) is 16.3 Å². The van der Waals surface area contributed by atoms with Crippen molar-refractivity contribution in [3.8, 4) is 0 Å². The van der Waals surface area contributed by atoms with E-state index in [1.807, 2.05) is 18.3 Å².